The zero-order chi connectivity index (χ0) is 43.8. The Hall–Kier alpha value is -6.18. The summed E-state index contributed by atoms with van der Waals surface area (Å²) in [5.74, 6) is 1.07. The Morgan fingerprint density at radius 1 is 0.613 bits per heavy atom. The van der Waals surface area contributed by atoms with Crippen LogP contribution < -0.4 is 10.6 Å². The molecule has 2 aromatic heterocycles. The molecule has 0 bridgehead atoms. The van der Waals surface area contributed by atoms with Gasteiger partial charge in [-0.25, -0.2) is 19.6 Å². The summed E-state index contributed by atoms with van der Waals surface area (Å²) >= 11 is 0. The largest absolute Gasteiger partial charge is 0.453 e. The number of piperidine rings is 2. The standard InChI is InChI=1S/C48H56N8O6/c1-25(2)39(53-45(59)61-7)43(57)55-35(19-47(5)21-37(47)55)41-49-23-33(51-41)28-11-9-27(10-12-28)29-13-14-31-18-32(16-15-30(31)17-29)34-24-50-42(52-34)36-20-48(6)22-38(48)56(36)44(58)40(26(3)4)54-46(60)62-8/h9-18,23-26,35-40H,19-22H2,1-8H3,(H,49,51)(H,50,52)(H,53,59)(H,54,60)/t35-,36-,37-,38-,39?,40-,47+,48+/m0/s1. The van der Waals surface area contributed by atoms with Crippen molar-refractivity contribution in [2.75, 3.05) is 14.2 Å². The average molecular weight is 841 g/mol. The zero-order valence-corrected chi connectivity index (χ0v) is 36.6. The van der Waals surface area contributed by atoms with Gasteiger partial charge in [-0.3, -0.25) is 9.59 Å². The molecule has 2 aliphatic carbocycles. The molecule has 0 spiro atoms. The number of aromatic nitrogens is 4. The third kappa shape index (κ3) is 7.26. The Bertz CT molecular complexity index is 2560. The summed E-state index contributed by atoms with van der Waals surface area (Å²) < 4.78 is 9.65. The number of H-pyrrole nitrogens is 2. The van der Waals surface area contributed by atoms with Gasteiger partial charge in [-0.1, -0.05) is 90.1 Å². The molecule has 8 atom stereocenters. The van der Waals surface area contributed by atoms with E-state index < -0.39 is 24.3 Å². The minimum Gasteiger partial charge on any atom is -0.453 e. The lowest BCUT2D eigenvalue weighted by Crippen LogP contribution is -2.52. The smallest absolute Gasteiger partial charge is 0.407 e. The predicted octanol–water partition coefficient (Wildman–Crippen LogP) is 8.15. The van der Waals surface area contributed by atoms with Crippen molar-refractivity contribution >= 4 is 34.8 Å². The molecule has 4 amide bonds. The molecule has 4 aliphatic rings. The van der Waals surface area contributed by atoms with Gasteiger partial charge in [0.25, 0.3) is 0 Å². The molecule has 4 N–H and O–H groups in total. The van der Waals surface area contributed by atoms with Crippen LogP contribution in [-0.4, -0.2) is 92.1 Å². The molecule has 14 heteroatoms. The molecule has 2 aliphatic heterocycles. The number of fused-ring (bicyclic) bond motifs is 3. The van der Waals surface area contributed by atoms with E-state index in [9.17, 15) is 19.2 Å². The van der Waals surface area contributed by atoms with Crippen LogP contribution in [0.4, 0.5) is 9.59 Å². The van der Waals surface area contributed by atoms with Crippen molar-refractivity contribution < 1.29 is 28.7 Å². The van der Waals surface area contributed by atoms with Gasteiger partial charge in [0.15, 0.2) is 0 Å². The van der Waals surface area contributed by atoms with Crippen LogP contribution in [0.3, 0.4) is 0 Å². The van der Waals surface area contributed by atoms with Crippen molar-refractivity contribution in [2.24, 2.45) is 22.7 Å². The van der Waals surface area contributed by atoms with Gasteiger partial charge in [0, 0.05) is 17.6 Å². The Balaban J connectivity index is 0.892. The molecule has 0 radical (unpaired) electrons. The van der Waals surface area contributed by atoms with Gasteiger partial charge in [0.05, 0.1) is 50.1 Å². The highest BCUT2D eigenvalue weighted by atomic mass is 16.5. The van der Waals surface area contributed by atoms with Crippen molar-refractivity contribution in [1.82, 2.24) is 40.4 Å². The predicted molar refractivity (Wildman–Crippen MR) is 234 cm³/mol. The van der Waals surface area contributed by atoms with E-state index in [4.69, 9.17) is 19.4 Å². The van der Waals surface area contributed by atoms with Gasteiger partial charge in [-0.2, -0.15) is 0 Å². The lowest BCUT2D eigenvalue weighted by atomic mass is 9.98. The molecule has 3 aromatic carbocycles. The van der Waals surface area contributed by atoms with Crippen LogP contribution in [0.1, 0.15) is 91.0 Å². The number of imidazole rings is 2. The molecule has 4 fully saturated rings. The van der Waals surface area contributed by atoms with Gasteiger partial charge < -0.3 is 39.9 Å². The molecule has 1 unspecified atom stereocenters. The van der Waals surface area contributed by atoms with E-state index >= 15 is 0 Å². The van der Waals surface area contributed by atoms with E-state index in [0.717, 1.165) is 81.7 Å². The number of ether oxygens (including phenoxy) is 2. The van der Waals surface area contributed by atoms with Crippen LogP contribution >= 0.6 is 0 Å². The molecular weight excluding hydrogens is 785 g/mol. The first-order valence-corrected chi connectivity index (χ1v) is 21.7. The monoisotopic (exact) mass is 840 g/mol. The summed E-state index contributed by atoms with van der Waals surface area (Å²) in [6.07, 6.45) is 5.95. The number of carbonyl (C=O) groups excluding carboxylic acids is 4. The molecule has 4 heterocycles. The van der Waals surface area contributed by atoms with Crippen LogP contribution in [0.2, 0.25) is 0 Å². The first-order chi connectivity index (χ1) is 29.6. The second-order valence-corrected chi connectivity index (χ2v) is 19.1. The number of nitrogens with zero attached hydrogens (tertiary/aromatic N) is 4. The fourth-order valence-electron chi connectivity index (χ4n) is 10.1. The van der Waals surface area contributed by atoms with E-state index in [0.29, 0.717) is 0 Å². The van der Waals surface area contributed by atoms with Gasteiger partial charge in [0.2, 0.25) is 11.8 Å². The first kappa shape index (κ1) is 41.2. The Kier molecular flexibility index (Phi) is 10.2. The Labute approximate surface area is 361 Å². The number of benzene rings is 3. The highest BCUT2D eigenvalue weighted by molar-refractivity contribution is 5.91. The van der Waals surface area contributed by atoms with Gasteiger partial charge in [-0.05, 0) is 87.9 Å². The lowest BCUT2D eigenvalue weighted by Gasteiger charge is -2.31. The van der Waals surface area contributed by atoms with Crippen LogP contribution in [0.25, 0.3) is 44.4 Å². The summed E-state index contributed by atoms with van der Waals surface area (Å²) in [7, 11) is 2.61. The van der Waals surface area contributed by atoms with Crippen LogP contribution in [-0.2, 0) is 19.1 Å². The number of rotatable bonds is 11. The summed E-state index contributed by atoms with van der Waals surface area (Å²) in [5.41, 5.74) is 6.00. The Morgan fingerprint density at radius 3 is 1.47 bits per heavy atom. The maximum atomic E-state index is 14.0. The number of carbonyl (C=O) groups is 4. The Morgan fingerprint density at radius 2 is 1.02 bits per heavy atom. The summed E-state index contributed by atoms with van der Waals surface area (Å²) in [6, 6.07) is 19.6. The number of nitrogens with one attached hydrogen (secondary N) is 4. The summed E-state index contributed by atoms with van der Waals surface area (Å²) in [6.45, 7) is 12.1. The minimum absolute atomic E-state index is 0.0358. The second kappa shape index (κ2) is 15.3. The molecule has 62 heavy (non-hydrogen) atoms. The second-order valence-electron chi connectivity index (χ2n) is 19.1. The number of alkyl carbamates (subject to hydrolysis) is 2. The number of methoxy groups -OCH3 is 2. The highest BCUT2D eigenvalue weighted by Crippen LogP contribution is 2.64. The molecule has 9 rings (SSSR count). The fourth-order valence-corrected chi connectivity index (χ4v) is 10.1. The first-order valence-electron chi connectivity index (χ1n) is 21.7. The van der Waals surface area contributed by atoms with Crippen LogP contribution in [0.15, 0.2) is 73.1 Å². The van der Waals surface area contributed by atoms with E-state index in [1.807, 2.05) is 49.9 Å². The highest BCUT2D eigenvalue weighted by Gasteiger charge is 2.65. The molecule has 5 aromatic rings. The average Bonchev–Trinajstić information content (AvgIpc) is 3.70. The van der Waals surface area contributed by atoms with Gasteiger partial charge in [-0.15, -0.1) is 0 Å². The summed E-state index contributed by atoms with van der Waals surface area (Å²) in [4.78, 5) is 72.7. The number of likely N-dealkylation sites (tertiary alicyclic amines) is 2. The van der Waals surface area contributed by atoms with Crippen LogP contribution in [0, 0.1) is 22.7 Å². The van der Waals surface area contributed by atoms with Gasteiger partial charge >= 0.3 is 12.2 Å². The van der Waals surface area contributed by atoms with Crippen molar-refractivity contribution in [3.8, 4) is 33.6 Å². The quantitative estimate of drug-likeness (QED) is 0.103. The van der Waals surface area contributed by atoms with Gasteiger partial charge in [0.1, 0.15) is 23.7 Å². The lowest BCUT2D eigenvalue weighted by molar-refractivity contribution is -0.137. The molecular formula is C48H56N8O6. The fraction of sp³-hybridized carbons (Fsp3) is 0.458. The number of hydrogen-bond donors (Lipinski definition) is 4. The molecule has 14 nitrogen and oxygen atoms in total. The van der Waals surface area contributed by atoms with Crippen molar-refractivity contribution in [3.63, 3.8) is 0 Å². The normalized spacial score (nSPS) is 25.6. The van der Waals surface area contributed by atoms with Crippen molar-refractivity contribution in [1.29, 1.82) is 0 Å². The summed E-state index contributed by atoms with van der Waals surface area (Å²) in [5, 5.41) is 7.71. The minimum atomic E-state index is -0.693. The van der Waals surface area contributed by atoms with E-state index in [-0.39, 0.29) is 58.6 Å². The number of aromatic amines is 2. The van der Waals surface area contributed by atoms with Crippen LogP contribution in [0.5, 0.6) is 0 Å². The number of hydrogen-bond acceptors (Lipinski definition) is 8. The SMILES string of the molecule is COC(=O)NC(C(=O)N1[C@H]2C[C@@]2(C)C[C@H]1c1ncc(-c2ccc(-c3ccc4cc(-c5cnc([C@@H]6C[C@]7(C)C[C@@H]7N6C(=O)[C@@H](NC(=O)OC)C(C)C)[nH]5)ccc4c3)cc2)[nH]1)C(C)C. The third-order valence-electron chi connectivity index (χ3n) is 14.1. The maximum absolute atomic E-state index is 14.0. The zero-order valence-electron chi connectivity index (χ0n) is 36.6. The maximum Gasteiger partial charge on any atom is 0.407 e. The molecule has 324 valence electrons. The number of amides is 4. The van der Waals surface area contributed by atoms with E-state index in [2.05, 4.69) is 95.1 Å². The third-order valence-corrected chi connectivity index (χ3v) is 14.1. The van der Waals surface area contributed by atoms with E-state index in [1.165, 1.54) is 14.2 Å². The topological polar surface area (TPSA) is 175 Å². The van der Waals surface area contributed by atoms with Crippen molar-refractivity contribution in [2.45, 2.75) is 103 Å². The molecule has 2 saturated carbocycles. The molecule has 2 saturated heterocycles. The van der Waals surface area contributed by atoms with E-state index in [1.54, 1.807) is 0 Å². The van der Waals surface area contributed by atoms with Crippen molar-refractivity contribution in [3.05, 3.63) is 84.7 Å².